The van der Waals surface area contributed by atoms with Gasteiger partial charge in [-0.3, -0.25) is 0 Å². The molecular formula is C22H30Cl2N2O6S2. The number of halogens is 2. The first-order chi connectivity index (χ1) is 15.8. The van der Waals surface area contributed by atoms with Crippen LogP contribution in [0.5, 0.6) is 0 Å². The van der Waals surface area contributed by atoms with Crippen LogP contribution in [0.15, 0.2) is 58.3 Å². The van der Waals surface area contributed by atoms with Gasteiger partial charge in [0.2, 0.25) is 20.0 Å². The van der Waals surface area contributed by atoms with Gasteiger partial charge < -0.3 is 9.84 Å². The Kier molecular flexibility index (Phi) is 10.3. The van der Waals surface area contributed by atoms with Crippen molar-refractivity contribution in [2.45, 2.75) is 35.8 Å². The lowest BCUT2D eigenvalue weighted by Crippen LogP contribution is -2.47. The summed E-state index contributed by atoms with van der Waals surface area (Å²) >= 11 is 11.9. The summed E-state index contributed by atoms with van der Waals surface area (Å²) in [6.07, 6.45) is -0.637. The number of sulfonamides is 2. The number of hydrogen-bond donors (Lipinski definition) is 1. The summed E-state index contributed by atoms with van der Waals surface area (Å²) in [4.78, 5) is 0.0474. The molecule has 34 heavy (non-hydrogen) atoms. The van der Waals surface area contributed by atoms with Crippen LogP contribution in [0, 0.1) is 5.92 Å². The Bertz CT molecular complexity index is 1180. The average Bonchev–Trinajstić information content (AvgIpc) is 2.79. The van der Waals surface area contributed by atoms with Gasteiger partial charge in [0, 0.05) is 43.3 Å². The predicted octanol–water partition coefficient (Wildman–Crippen LogP) is 3.34. The highest BCUT2D eigenvalue weighted by Gasteiger charge is 2.34. The molecule has 0 aliphatic heterocycles. The number of hydrogen-bond acceptors (Lipinski definition) is 6. The SMILES string of the molecule is CO[C@@H](CN(C)S(=O)(=O)c1cccc(Cl)c1)[C@@H](C)CN([C@@H](C)CO)S(=O)(=O)c1cccc(Cl)c1. The molecule has 0 spiro atoms. The maximum Gasteiger partial charge on any atom is 0.243 e. The Labute approximate surface area is 212 Å². The van der Waals surface area contributed by atoms with Crippen LogP contribution < -0.4 is 0 Å². The highest BCUT2D eigenvalue weighted by atomic mass is 35.5. The van der Waals surface area contributed by atoms with E-state index in [0.29, 0.717) is 5.02 Å². The van der Waals surface area contributed by atoms with Crippen molar-refractivity contribution in [2.24, 2.45) is 5.92 Å². The molecule has 0 heterocycles. The number of nitrogens with zero attached hydrogens (tertiary/aromatic N) is 2. The molecular weight excluding hydrogens is 523 g/mol. The van der Waals surface area contributed by atoms with E-state index in [0.717, 1.165) is 4.31 Å². The molecule has 0 saturated heterocycles. The molecule has 0 aromatic heterocycles. The molecule has 0 aliphatic carbocycles. The van der Waals surface area contributed by atoms with Gasteiger partial charge in [0.05, 0.1) is 22.5 Å². The fraction of sp³-hybridized carbons (Fsp3) is 0.455. The van der Waals surface area contributed by atoms with Gasteiger partial charge in [-0.15, -0.1) is 0 Å². The Hall–Kier alpha value is -1.24. The Balaban J connectivity index is 2.27. The zero-order chi connectivity index (χ0) is 25.7. The lowest BCUT2D eigenvalue weighted by atomic mass is 10.0. The third-order valence-electron chi connectivity index (χ3n) is 5.51. The molecule has 0 amide bonds. The van der Waals surface area contributed by atoms with Crippen molar-refractivity contribution >= 4 is 43.2 Å². The smallest absolute Gasteiger partial charge is 0.243 e. The van der Waals surface area contributed by atoms with Crippen molar-refractivity contribution in [3.05, 3.63) is 58.6 Å². The number of rotatable bonds is 12. The Morgan fingerprint density at radius 2 is 1.41 bits per heavy atom. The number of benzene rings is 2. The van der Waals surface area contributed by atoms with E-state index in [1.807, 2.05) is 0 Å². The highest BCUT2D eigenvalue weighted by molar-refractivity contribution is 7.89. The van der Waals surface area contributed by atoms with Gasteiger partial charge in [0.15, 0.2) is 0 Å². The summed E-state index contributed by atoms with van der Waals surface area (Å²) in [7, 11) is -4.97. The van der Waals surface area contributed by atoms with Crippen LogP contribution in [0.1, 0.15) is 13.8 Å². The zero-order valence-corrected chi connectivity index (χ0v) is 22.6. The summed E-state index contributed by atoms with van der Waals surface area (Å²) in [5.41, 5.74) is 0. The quantitative estimate of drug-likeness (QED) is 0.433. The zero-order valence-electron chi connectivity index (χ0n) is 19.4. The molecule has 0 bridgehead atoms. The lowest BCUT2D eigenvalue weighted by molar-refractivity contribution is 0.0360. The fourth-order valence-corrected chi connectivity index (χ4v) is 6.92. The van der Waals surface area contributed by atoms with Gasteiger partial charge in [0.25, 0.3) is 0 Å². The summed E-state index contributed by atoms with van der Waals surface area (Å²) < 4.78 is 60.5. The largest absolute Gasteiger partial charge is 0.395 e. The molecule has 12 heteroatoms. The minimum atomic E-state index is -3.99. The number of aliphatic hydroxyl groups excluding tert-OH is 1. The number of likely N-dealkylation sites (N-methyl/N-ethyl adjacent to an activating group) is 1. The minimum Gasteiger partial charge on any atom is -0.395 e. The van der Waals surface area contributed by atoms with E-state index in [-0.39, 0.29) is 27.9 Å². The molecule has 0 aliphatic rings. The van der Waals surface area contributed by atoms with Gasteiger partial charge >= 0.3 is 0 Å². The third-order valence-corrected chi connectivity index (χ3v) is 9.77. The monoisotopic (exact) mass is 552 g/mol. The van der Waals surface area contributed by atoms with E-state index in [9.17, 15) is 21.9 Å². The van der Waals surface area contributed by atoms with E-state index in [2.05, 4.69) is 0 Å². The summed E-state index contributed by atoms with van der Waals surface area (Å²) in [5.74, 6) is -0.426. The normalized spacial score (nSPS) is 15.4. The van der Waals surface area contributed by atoms with Crippen molar-refractivity contribution in [1.29, 1.82) is 0 Å². The van der Waals surface area contributed by atoms with E-state index >= 15 is 0 Å². The second kappa shape index (κ2) is 12.1. The maximum atomic E-state index is 13.3. The van der Waals surface area contributed by atoms with Crippen molar-refractivity contribution in [1.82, 2.24) is 8.61 Å². The van der Waals surface area contributed by atoms with Gasteiger partial charge in [0.1, 0.15) is 0 Å². The number of methoxy groups -OCH3 is 1. The Morgan fingerprint density at radius 3 is 1.85 bits per heavy atom. The van der Waals surface area contributed by atoms with E-state index in [1.165, 1.54) is 48.8 Å². The van der Waals surface area contributed by atoms with Crippen LogP contribution in [0.4, 0.5) is 0 Å². The van der Waals surface area contributed by atoms with E-state index in [1.54, 1.807) is 32.0 Å². The second-order valence-electron chi connectivity index (χ2n) is 8.06. The van der Waals surface area contributed by atoms with Crippen LogP contribution >= 0.6 is 23.2 Å². The Morgan fingerprint density at radius 1 is 0.912 bits per heavy atom. The molecule has 2 rings (SSSR count). The first kappa shape index (κ1) is 29.0. The fourth-order valence-electron chi connectivity index (χ4n) is 3.42. The molecule has 0 saturated carbocycles. The van der Waals surface area contributed by atoms with Gasteiger partial charge in [-0.05, 0) is 49.2 Å². The summed E-state index contributed by atoms with van der Waals surface area (Å²) in [6, 6.07) is 11.1. The van der Waals surface area contributed by atoms with Gasteiger partial charge in [-0.2, -0.15) is 8.61 Å². The topological polar surface area (TPSA) is 104 Å². The lowest BCUT2D eigenvalue weighted by Gasteiger charge is -2.33. The molecule has 0 unspecified atom stereocenters. The minimum absolute atomic E-state index is 0.00196. The van der Waals surface area contributed by atoms with Gasteiger partial charge in [-0.25, -0.2) is 16.8 Å². The molecule has 0 radical (unpaired) electrons. The molecule has 3 atom stereocenters. The first-order valence-electron chi connectivity index (χ1n) is 10.5. The van der Waals surface area contributed by atoms with Gasteiger partial charge in [-0.1, -0.05) is 42.3 Å². The molecule has 2 aromatic carbocycles. The standard InChI is InChI=1S/C22H30Cl2N2O6S2/c1-16(13-26(17(2)15-27)34(30,31)21-10-6-8-19(24)12-21)22(32-4)14-25(3)33(28,29)20-9-5-7-18(23)11-20/h5-12,16-17,22,27H,13-15H2,1-4H3/t16-,17-,22-/m0/s1. The highest BCUT2D eigenvalue weighted by Crippen LogP contribution is 2.25. The van der Waals surface area contributed by atoms with E-state index < -0.39 is 44.7 Å². The van der Waals surface area contributed by atoms with Crippen LogP contribution in [-0.2, 0) is 24.8 Å². The van der Waals surface area contributed by atoms with Crippen molar-refractivity contribution in [3.63, 3.8) is 0 Å². The van der Waals surface area contributed by atoms with Crippen LogP contribution in [0.3, 0.4) is 0 Å². The third kappa shape index (κ3) is 6.92. The number of aliphatic hydroxyl groups is 1. The predicted molar refractivity (Wildman–Crippen MR) is 133 cm³/mol. The molecule has 190 valence electrons. The first-order valence-corrected chi connectivity index (χ1v) is 14.1. The average molecular weight is 554 g/mol. The molecule has 1 N–H and O–H groups in total. The van der Waals surface area contributed by atoms with Crippen molar-refractivity contribution < 1.29 is 26.7 Å². The van der Waals surface area contributed by atoms with Crippen LogP contribution in [-0.4, -0.2) is 76.6 Å². The summed E-state index contributed by atoms with van der Waals surface area (Å²) in [6.45, 7) is 2.92. The van der Waals surface area contributed by atoms with Crippen molar-refractivity contribution in [3.8, 4) is 0 Å². The number of ether oxygens (including phenoxy) is 1. The summed E-state index contributed by atoms with van der Waals surface area (Å²) in [5, 5.41) is 10.3. The van der Waals surface area contributed by atoms with E-state index in [4.69, 9.17) is 27.9 Å². The van der Waals surface area contributed by atoms with Crippen LogP contribution in [0.25, 0.3) is 0 Å². The van der Waals surface area contributed by atoms with Crippen molar-refractivity contribution in [2.75, 3.05) is 33.9 Å². The second-order valence-corrected chi connectivity index (χ2v) is 12.9. The van der Waals surface area contributed by atoms with Crippen LogP contribution in [0.2, 0.25) is 10.0 Å². The molecule has 2 aromatic rings. The molecule has 0 fully saturated rings. The maximum absolute atomic E-state index is 13.3. The molecule has 8 nitrogen and oxygen atoms in total.